The van der Waals surface area contributed by atoms with Crippen molar-refractivity contribution in [1.82, 2.24) is 20.4 Å². The quantitative estimate of drug-likeness (QED) is 0.884. The van der Waals surface area contributed by atoms with E-state index in [1.54, 1.807) is 6.92 Å². The van der Waals surface area contributed by atoms with E-state index >= 15 is 0 Å². The summed E-state index contributed by atoms with van der Waals surface area (Å²) in [6.07, 6.45) is 2.82. The lowest BCUT2D eigenvalue weighted by atomic mass is 10.2. The molecular weight excluding hydrogens is 248 g/mol. The fourth-order valence-electron chi connectivity index (χ4n) is 1.56. The lowest BCUT2D eigenvalue weighted by molar-refractivity contribution is 0.0950. The molecule has 7 heteroatoms. The minimum Gasteiger partial charge on any atom is -0.467 e. The van der Waals surface area contributed by atoms with Crippen molar-refractivity contribution in [1.29, 1.82) is 0 Å². The summed E-state index contributed by atoms with van der Waals surface area (Å²) in [7, 11) is 1.46. The highest BCUT2D eigenvalue weighted by Gasteiger charge is 2.12. The van der Waals surface area contributed by atoms with Crippen molar-refractivity contribution in [2.45, 2.75) is 20.4 Å². The maximum absolute atomic E-state index is 11.9. The Labute approximate surface area is 110 Å². The molecule has 1 N–H and O–H groups in total. The molecule has 0 aromatic carbocycles. The molecule has 0 spiro atoms. The zero-order chi connectivity index (χ0) is 13.8. The first-order valence-electron chi connectivity index (χ1n) is 5.67. The fourth-order valence-corrected chi connectivity index (χ4v) is 1.56. The molecule has 0 aliphatic rings. The number of methoxy groups -OCH3 is 1. The van der Waals surface area contributed by atoms with Gasteiger partial charge in [0.15, 0.2) is 0 Å². The number of rotatable bonds is 4. The van der Waals surface area contributed by atoms with Crippen LogP contribution in [0.1, 0.15) is 27.4 Å². The maximum Gasteiger partial charge on any atom is 0.316 e. The Bertz CT molecular complexity index is 558. The van der Waals surface area contributed by atoms with Crippen molar-refractivity contribution >= 4 is 5.91 Å². The number of hydrogen-bond acceptors (Lipinski definition) is 6. The number of aromatic nitrogens is 3. The van der Waals surface area contributed by atoms with Gasteiger partial charge in [-0.1, -0.05) is 5.16 Å². The maximum atomic E-state index is 11.9. The van der Waals surface area contributed by atoms with Crippen molar-refractivity contribution in [3.63, 3.8) is 0 Å². The molecule has 0 radical (unpaired) electrons. The molecule has 2 rings (SSSR count). The molecule has 0 atom stereocenters. The van der Waals surface area contributed by atoms with Crippen LogP contribution in [0.2, 0.25) is 0 Å². The van der Waals surface area contributed by atoms with Crippen LogP contribution < -0.4 is 10.1 Å². The number of carbonyl (C=O) groups is 1. The average Bonchev–Trinajstić information content (AvgIpc) is 2.75. The van der Waals surface area contributed by atoms with Gasteiger partial charge in [0.2, 0.25) is 0 Å². The molecule has 2 aromatic heterocycles. The van der Waals surface area contributed by atoms with Gasteiger partial charge in [0.1, 0.15) is 5.76 Å². The van der Waals surface area contributed by atoms with Crippen LogP contribution in [-0.2, 0) is 6.54 Å². The second-order valence-electron chi connectivity index (χ2n) is 3.94. The SMILES string of the molecule is COc1ncc(C(=O)NCc2c(C)noc2C)cn1. The number of carbonyl (C=O) groups excluding carboxylic acids is 1. The third-order valence-electron chi connectivity index (χ3n) is 2.68. The smallest absolute Gasteiger partial charge is 0.316 e. The Balaban J connectivity index is 2.01. The zero-order valence-electron chi connectivity index (χ0n) is 10.9. The third-order valence-corrected chi connectivity index (χ3v) is 2.68. The fraction of sp³-hybridized carbons (Fsp3) is 0.333. The molecule has 100 valence electrons. The van der Waals surface area contributed by atoms with Gasteiger partial charge in [-0.05, 0) is 13.8 Å². The van der Waals surface area contributed by atoms with Crippen LogP contribution in [0.15, 0.2) is 16.9 Å². The van der Waals surface area contributed by atoms with Gasteiger partial charge in [0.25, 0.3) is 5.91 Å². The van der Waals surface area contributed by atoms with Gasteiger partial charge >= 0.3 is 6.01 Å². The van der Waals surface area contributed by atoms with Gasteiger partial charge in [-0.15, -0.1) is 0 Å². The van der Waals surface area contributed by atoms with Crippen molar-refractivity contribution in [2.75, 3.05) is 7.11 Å². The van der Waals surface area contributed by atoms with E-state index in [0.29, 0.717) is 17.9 Å². The van der Waals surface area contributed by atoms with Gasteiger partial charge in [0, 0.05) is 24.5 Å². The Hall–Kier alpha value is -2.44. The second-order valence-corrected chi connectivity index (χ2v) is 3.94. The van der Waals surface area contributed by atoms with Gasteiger partial charge in [-0.2, -0.15) is 0 Å². The van der Waals surface area contributed by atoms with Gasteiger partial charge in [-0.25, -0.2) is 9.97 Å². The molecule has 1 amide bonds. The van der Waals surface area contributed by atoms with Crippen LogP contribution in [0.3, 0.4) is 0 Å². The van der Waals surface area contributed by atoms with E-state index < -0.39 is 0 Å². The summed E-state index contributed by atoms with van der Waals surface area (Å²) < 4.78 is 9.85. The molecule has 7 nitrogen and oxygen atoms in total. The predicted octanol–water partition coefficient (Wildman–Crippen LogP) is 1.02. The van der Waals surface area contributed by atoms with Crippen LogP contribution >= 0.6 is 0 Å². The first kappa shape index (κ1) is 13.0. The summed E-state index contributed by atoms with van der Waals surface area (Å²) in [5.41, 5.74) is 2.01. The Morgan fingerprint density at radius 1 is 1.37 bits per heavy atom. The number of nitrogens with one attached hydrogen (secondary N) is 1. The topological polar surface area (TPSA) is 90.1 Å². The zero-order valence-corrected chi connectivity index (χ0v) is 10.9. The van der Waals surface area contributed by atoms with Crippen LogP contribution in [0.25, 0.3) is 0 Å². The molecule has 0 bridgehead atoms. The van der Waals surface area contributed by atoms with Gasteiger partial charge < -0.3 is 14.6 Å². The van der Waals surface area contributed by atoms with E-state index in [2.05, 4.69) is 20.4 Å². The molecule has 0 saturated heterocycles. The number of ether oxygens (including phenoxy) is 1. The minimum absolute atomic E-state index is 0.224. The monoisotopic (exact) mass is 262 g/mol. The molecule has 0 aliphatic carbocycles. The number of aryl methyl sites for hydroxylation is 2. The van der Waals surface area contributed by atoms with Crippen molar-refractivity contribution in [2.24, 2.45) is 0 Å². The van der Waals surface area contributed by atoms with E-state index in [4.69, 9.17) is 9.26 Å². The molecule has 2 aromatic rings. The van der Waals surface area contributed by atoms with Crippen molar-refractivity contribution < 1.29 is 14.1 Å². The average molecular weight is 262 g/mol. The first-order chi connectivity index (χ1) is 9.11. The van der Waals surface area contributed by atoms with Crippen LogP contribution in [0.5, 0.6) is 6.01 Å². The number of amides is 1. The van der Waals surface area contributed by atoms with Gasteiger partial charge in [-0.3, -0.25) is 4.79 Å². The molecule has 2 heterocycles. The normalized spacial score (nSPS) is 10.3. The molecule has 0 unspecified atom stereocenters. The Kier molecular flexibility index (Phi) is 3.74. The van der Waals surface area contributed by atoms with Gasteiger partial charge in [0.05, 0.1) is 18.4 Å². The second kappa shape index (κ2) is 5.47. The first-order valence-corrected chi connectivity index (χ1v) is 5.67. The van der Waals surface area contributed by atoms with Crippen LogP contribution in [0.4, 0.5) is 0 Å². The lowest BCUT2D eigenvalue weighted by Crippen LogP contribution is -2.23. The van der Waals surface area contributed by atoms with E-state index in [-0.39, 0.29) is 11.9 Å². The minimum atomic E-state index is -0.261. The molecule has 0 saturated carbocycles. The predicted molar refractivity (Wildman–Crippen MR) is 65.7 cm³/mol. The van der Waals surface area contributed by atoms with E-state index in [0.717, 1.165) is 11.3 Å². The molecule has 19 heavy (non-hydrogen) atoms. The number of hydrogen-bond donors (Lipinski definition) is 1. The highest BCUT2D eigenvalue weighted by molar-refractivity contribution is 5.93. The van der Waals surface area contributed by atoms with Crippen LogP contribution in [0, 0.1) is 13.8 Å². The number of nitrogens with zero attached hydrogens (tertiary/aromatic N) is 3. The molecule has 0 aliphatic heterocycles. The summed E-state index contributed by atoms with van der Waals surface area (Å²) in [4.78, 5) is 19.6. The van der Waals surface area contributed by atoms with E-state index in [1.165, 1.54) is 19.5 Å². The molecule has 0 fully saturated rings. The Morgan fingerprint density at radius 2 is 2.05 bits per heavy atom. The van der Waals surface area contributed by atoms with Crippen molar-refractivity contribution in [3.05, 3.63) is 35.0 Å². The Morgan fingerprint density at radius 3 is 2.58 bits per heavy atom. The summed E-state index contributed by atoms with van der Waals surface area (Å²) in [5, 5.41) is 6.58. The summed E-state index contributed by atoms with van der Waals surface area (Å²) >= 11 is 0. The van der Waals surface area contributed by atoms with E-state index in [1.807, 2.05) is 6.92 Å². The van der Waals surface area contributed by atoms with Crippen LogP contribution in [-0.4, -0.2) is 28.1 Å². The van der Waals surface area contributed by atoms with E-state index in [9.17, 15) is 4.79 Å². The highest BCUT2D eigenvalue weighted by Crippen LogP contribution is 2.11. The van der Waals surface area contributed by atoms with Crippen molar-refractivity contribution in [3.8, 4) is 6.01 Å². The third kappa shape index (κ3) is 2.87. The summed E-state index contributed by atoms with van der Waals surface area (Å²) in [6.45, 7) is 3.98. The summed E-state index contributed by atoms with van der Waals surface area (Å²) in [5.74, 6) is 0.437. The highest BCUT2D eigenvalue weighted by atomic mass is 16.5. The summed E-state index contributed by atoms with van der Waals surface area (Å²) in [6, 6.07) is 0.224. The largest absolute Gasteiger partial charge is 0.467 e. The molecular formula is C12H14N4O3. The standard InChI is InChI=1S/C12H14N4O3/c1-7-10(8(2)19-16-7)6-13-11(17)9-4-14-12(18-3)15-5-9/h4-5H,6H2,1-3H3,(H,13,17). The lowest BCUT2D eigenvalue weighted by Gasteiger charge is -2.04.